The molecule has 0 aliphatic carbocycles. The molecule has 0 spiro atoms. The predicted molar refractivity (Wildman–Crippen MR) is 28.2 cm³/mol. The van der Waals surface area contributed by atoms with E-state index in [9.17, 15) is 10.1 Å². The normalized spacial score (nSPS) is 16.2. The second kappa shape index (κ2) is 1.73. The molecule has 4 nitrogen and oxygen atoms in total. The molecule has 0 atom stereocenters. The van der Waals surface area contributed by atoms with E-state index in [2.05, 4.69) is 4.99 Å². The molecule has 0 N–H and O–H groups in total. The number of hydrogen-bond donors (Lipinski definition) is 0. The summed E-state index contributed by atoms with van der Waals surface area (Å²) in [5.41, 5.74) is 0. The van der Waals surface area contributed by atoms with Gasteiger partial charge >= 0.3 is 5.84 Å². The third-order valence-corrected chi connectivity index (χ3v) is 0.840. The van der Waals surface area contributed by atoms with Gasteiger partial charge in [-0.15, -0.1) is 0 Å². The van der Waals surface area contributed by atoms with Crippen LogP contribution >= 0.6 is 0 Å². The maximum atomic E-state index is 9.84. The van der Waals surface area contributed by atoms with Crippen molar-refractivity contribution in [2.45, 2.75) is 6.42 Å². The highest BCUT2D eigenvalue weighted by Crippen LogP contribution is 1.98. The van der Waals surface area contributed by atoms with Crippen molar-refractivity contribution in [2.24, 2.45) is 4.99 Å². The zero-order valence-electron chi connectivity index (χ0n) is 4.07. The lowest BCUT2D eigenvalue weighted by Crippen LogP contribution is -2.07. The number of rotatable bonds is 0. The summed E-state index contributed by atoms with van der Waals surface area (Å²) in [6, 6.07) is 0. The maximum absolute atomic E-state index is 9.84. The van der Waals surface area contributed by atoms with E-state index in [-0.39, 0.29) is 5.84 Å². The molecule has 1 aliphatic rings. The van der Waals surface area contributed by atoms with Gasteiger partial charge in [0, 0.05) is 0 Å². The minimum absolute atomic E-state index is 0.0324. The van der Waals surface area contributed by atoms with Gasteiger partial charge in [-0.05, 0) is 11.0 Å². The molecule has 0 fully saturated rings. The number of amidine groups is 1. The quantitative estimate of drug-likeness (QED) is 0.340. The van der Waals surface area contributed by atoms with Gasteiger partial charge in [0.25, 0.3) is 0 Å². The molecule has 0 saturated carbocycles. The number of nitrogens with zero attached hydrogens (tertiary/aromatic N) is 2. The van der Waals surface area contributed by atoms with Gasteiger partial charge < -0.3 is 10.1 Å². The fourth-order valence-electron chi connectivity index (χ4n) is 0.471. The van der Waals surface area contributed by atoms with E-state index in [0.717, 1.165) is 0 Å². The highest BCUT2D eigenvalue weighted by atomic mass is 16.6. The molecule has 8 heavy (non-hydrogen) atoms. The first-order valence-corrected chi connectivity index (χ1v) is 2.17. The van der Waals surface area contributed by atoms with Crippen LogP contribution in [0.2, 0.25) is 0 Å². The van der Waals surface area contributed by atoms with Crippen molar-refractivity contribution in [2.75, 3.05) is 0 Å². The Morgan fingerprint density at radius 2 is 2.62 bits per heavy atom. The summed E-state index contributed by atoms with van der Waals surface area (Å²) in [5, 5.41) is 9.84. The molecule has 1 rings (SSSR count). The van der Waals surface area contributed by atoms with Crippen molar-refractivity contribution < 1.29 is 4.92 Å². The number of hydrogen-bond acceptors (Lipinski definition) is 3. The van der Waals surface area contributed by atoms with Crippen LogP contribution in [0.3, 0.4) is 0 Å². The molecule has 1 heterocycles. The topological polar surface area (TPSA) is 55.5 Å². The van der Waals surface area contributed by atoms with E-state index in [1.165, 1.54) is 6.20 Å². The lowest BCUT2D eigenvalue weighted by Gasteiger charge is -1.86. The first-order valence-electron chi connectivity index (χ1n) is 2.17. The average Bonchev–Trinajstić information content (AvgIpc) is 2.12. The molecular weight excluding hydrogens is 108 g/mol. The highest BCUT2D eigenvalue weighted by Gasteiger charge is 2.11. The van der Waals surface area contributed by atoms with Crippen molar-refractivity contribution in [1.29, 1.82) is 0 Å². The van der Waals surface area contributed by atoms with Crippen LogP contribution in [0.25, 0.3) is 0 Å². The molecule has 1 aliphatic heterocycles. The van der Waals surface area contributed by atoms with E-state index >= 15 is 0 Å². The zero-order chi connectivity index (χ0) is 5.98. The van der Waals surface area contributed by atoms with Crippen molar-refractivity contribution in [3.63, 3.8) is 0 Å². The van der Waals surface area contributed by atoms with Crippen molar-refractivity contribution in [3.8, 4) is 0 Å². The van der Waals surface area contributed by atoms with Crippen molar-refractivity contribution in [3.05, 3.63) is 22.4 Å². The summed E-state index contributed by atoms with van der Waals surface area (Å²) in [7, 11) is 0. The van der Waals surface area contributed by atoms with Gasteiger partial charge in [-0.25, -0.2) is 0 Å². The van der Waals surface area contributed by atoms with Crippen LogP contribution in [-0.2, 0) is 0 Å². The summed E-state index contributed by atoms with van der Waals surface area (Å²) in [5.74, 6) is 0.0324. The third-order valence-electron chi connectivity index (χ3n) is 0.840. The first-order chi connectivity index (χ1) is 3.80. The molecule has 0 aromatic carbocycles. The summed E-state index contributed by atoms with van der Waals surface area (Å²) in [6.45, 7) is 0. The minimum atomic E-state index is -0.472. The SMILES string of the molecule is O=[N+]([O-])C1=NC=CC1. The van der Waals surface area contributed by atoms with E-state index in [0.29, 0.717) is 6.42 Å². The summed E-state index contributed by atoms with van der Waals surface area (Å²) in [6.07, 6.45) is 3.46. The van der Waals surface area contributed by atoms with Crippen LogP contribution < -0.4 is 0 Å². The summed E-state index contributed by atoms with van der Waals surface area (Å²) in [4.78, 5) is 12.8. The number of nitro groups is 1. The van der Waals surface area contributed by atoms with Crippen LogP contribution in [0, 0.1) is 10.1 Å². The standard InChI is InChI=1S/C4H4N2O2/c7-6(8)4-2-1-3-5-4/h1,3H,2H2. The van der Waals surface area contributed by atoms with E-state index in [1.54, 1.807) is 6.08 Å². The molecular formula is C4H4N2O2. The Morgan fingerprint density at radius 3 is 2.88 bits per heavy atom. The average molecular weight is 112 g/mol. The van der Waals surface area contributed by atoms with Gasteiger partial charge in [-0.2, -0.15) is 0 Å². The van der Waals surface area contributed by atoms with E-state index in [1.807, 2.05) is 0 Å². The molecule has 0 aromatic heterocycles. The highest BCUT2D eigenvalue weighted by molar-refractivity contribution is 5.78. The lowest BCUT2D eigenvalue weighted by molar-refractivity contribution is -0.352. The predicted octanol–water partition coefficient (Wildman–Crippen LogP) is 0.579. The van der Waals surface area contributed by atoms with Gasteiger partial charge in [0.15, 0.2) is 0 Å². The number of aliphatic imine (C=N–C) groups is 1. The van der Waals surface area contributed by atoms with Gasteiger partial charge in [-0.3, -0.25) is 0 Å². The van der Waals surface area contributed by atoms with Crippen molar-refractivity contribution >= 4 is 5.84 Å². The second-order valence-electron chi connectivity index (χ2n) is 1.39. The van der Waals surface area contributed by atoms with Crippen LogP contribution in [0.15, 0.2) is 17.3 Å². The first kappa shape index (κ1) is 4.96. The largest absolute Gasteiger partial charge is 0.358 e. The van der Waals surface area contributed by atoms with E-state index < -0.39 is 4.92 Å². The smallest absolute Gasteiger partial charge is 0.342 e. The third kappa shape index (κ3) is 0.726. The van der Waals surface area contributed by atoms with Crippen molar-refractivity contribution in [1.82, 2.24) is 0 Å². The fourth-order valence-corrected chi connectivity index (χ4v) is 0.471. The lowest BCUT2D eigenvalue weighted by atomic mass is 10.4. The Balaban J connectivity index is 2.64. The van der Waals surface area contributed by atoms with Crippen LogP contribution in [0.5, 0.6) is 0 Å². The zero-order valence-corrected chi connectivity index (χ0v) is 4.07. The van der Waals surface area contributed by atoms with Crippen LogP contribution in [-0.4, -0.2) is 10.8 Å². The molecule has 0 aromatic rings. The molecule has 0 amide bonds. The molecule has 0 bridgehead atoms. The maximum Gasteiger partial charge on any atom is 0.342 e. The molecule has 0 radical (unpaired) electrons. The van der Waals surface area contributed by atoms with Gasteiger partial charge in [0.05, 0.1) is 6.42 Å². The van der Waals surface area contributed by atoms with Crippen LogP contribution in [0.4, 0.5) is 0 Å². The Labute approximate surface area is 45.7 Å². The molecule has 0 unspecified atom stereocenters. The molecule has 0 saturated heterocycles. The summed E-state index contributed by atoms with van der Waals surface area (Å²) >= 11 is 0. The van der Waals surface area contributed by atoms with E-state index in [4.69, 9.17) is 0 Å². The van der Waals surface area contributed by atoms with Gasteiger partial charge in [0.2, 0.25) is 0 Å². The van der Waals surface area contributed by atoms with Gasteiger partial charge in [0.1, 0.15) is 6.20 Å². The molecule has 4 heteroatoms. The summed E-state index contributed by atoms with van der Waals surface area (Å²) < 4.78 is 0. The fraction of sp³-hybridized carbons (Fsp3) is 0.250. The Kier molecular flexibility index (Phi) is 1.07. The van der Waals surface area contributed by atoms with Crippen LogP contribution in [0.1, 0.15) is 6.42 Å². The monoisotopic (exact) mass is 112 g/mol. The Hall–Kier alpha value is -1.19. The minimum Gasteiger partial charge on any atom is -0.358 e. The Morgan fingerprint density at radius 1 is 1.88 bits per heavy atom. The second-order valence-corrected chi connectivity index (χ2v) is 1.39. The molecule has 42 valence electrons. The Bertz CT molecular complexity index is 171. The van der Waals surface area contributed by atoms with Gasteiger partial charge in [-0.1, -0.05) is 4.99 Å².